The molecule has 2 aromatic carbocycles. The van der Waals surface area contributed by atoms with Gasteiger partial charge in [0.2, 0.25) is 5.78 Å². The molecular formula is C28H25NO8. The molecule has 0 saturated carbocycles. The lowest BCUT2D eigenvalue weighted by molar-refractivity contribution is -0.154. The van der Waals surface area contributed by atoms with Crippen LogP contribution in [0.1, 0.15) is 40.7 Å². The average Bonchev–Trinajstić information content (AvgIpc) is 2.86. The van der Waals surface area contributed by atoms with E-state index in [2.05, 4.69) is 6.58 Å². The third kappa shape index (κ3) is 3.14. The predicted octanol–water partition coefficient (Wildman–Crippen LogP) is 2.42. The highest BCUT2D eigenvalue weighted by atomic mass is 16.4. The van der Waals surface area contributed by atoms with Gasteiger partial charge in [-0.3, -0.25) is 14.4 Å². The van der Waals surface area contributed by atoms with Gasteiger partial charge >= 0.3 is 0 Å². The SMILES string of the molecule is C=Cc1ccc(-c2ccc3c(c2O)C(=O)C2=C(O)[C@]4(O)C(=O)C(C(N)=O)=C(O)C[C@@H]4[C@@H](O)[C@@H]2[C@H]3C)cc1. The van der Waals surface area contributed by atoms with E-state index in [1.807, 2.05) is 0 Å². The number of allylic oxidation sites excluding steroid dienone is 1. The van der Waals surface area contributed by atoms with E-state index in [0.29, 0.717) is 16.7 Å². The molecule has 7 N–H and O–H groups in total. The first kappa shape index (κ1) is 24.5. The number of aliphatic hydroxyl groups excluding tert-OH is 3. The van der Waals surface area contributed by atoms with Gasteiger partial charge in [-0.2, -0.15) is 0 Å². The number of carbonyl (C=O) groups excluding carboxylic acids is 3. The molecule has 1 amide bonds. The molecule has 0 spiro atoms. The molecule has 190 valence electrons. The molecule has 0 radical (unpaired) electrons. The number of rotatable bonds is 3. The van der Waals surface area contributed by atoms with Crippen LogP contribution in [0.4, 0.5) is 0 Å². The highest BCUT2D eigenvalue weighted by Crippen LogP contribution is 2.55. The number of phenolic OH excluding ortho intramolecular Hbond substituents is 1. The zero-order chi connectivity index (χ0) is 27.0. The van der Waals surface area contributed by atoms with Gasteiger partial charge < -0.3 is 31.3 Å². The largest absolute Gasteiger partial charge is 0.511 e. The number of nitrogens with two attached hydrogens (primary N) is 1. The lowest BCUT2D eigenvalue weighted by Crippen LogP contribution is -2.62. The van der Waals surface area contributed by atoms with Crippen molar-refractivity contribution in [1.82, 2.24) is 0 Å². The second-order valence-electron chi connectivity index (χ2n) is 9.74. The predicted molar refractivity (Wildman–Crippen MR) is 132 cm³/mol. The van der Waals surface area contributed by atoms with Crippen LogP contribution in [0.3, 0.4) is 0 Å². The first-order valence-electron chi connectivity index (χ1n) is 11.7. The van der Waals surface area contributed by atoms with Crippen LogP contribution in [0.15, 0.2) is 65.6 Å². The fourth-order valence-electron chi connectivity index (χ4n) is 6.03. The van der Waals surface area contributed by atoms with Crippen molar-refractivity contribution < 1.29 is 39.9 Å². The molecule has 0 aliphatic heterocycles. The molecule has 0 saturated heterocycles. The van der Waals surface area contributed by atoms with Gasteiger partial charge in [-0.1, -0.05) is 56.0 Å². The first-order valence-corrected chi connectivity index (χ1v) is 11.7. The van der Waals surface area contributed by atoms with E-state index in [-0.39, 0.29) is 11.3 Å². The Balaban J connectivity index is 1.71. The molecule has 2 aromatic rings. The van der Waals surface area contributed by atoms with Crippen LogP contribution < -0.4 is 5.73 Å². The Morgan fingerprint density at radius 1 is 1.11 bits per heavy atom. The number of primary amides is 1. The minimum atomic E-state index is -2.86. The fourth-order valence-corrected chi connectivity index (χ4v) is 6.03. The van der Waals surface area contributed by atoms with Gasteiger partial charge in [0, 0.05) is 29.4 Å². The van der Waals surface area contributed by atoms with Crippen molar-refractivity contribution in [3.63, 3.8) is 0 Å². The van der Waals surface area contributed by atoms with Gasteiger partial charge in [0.1, 0.15) is 22.8 Å². The van der Waals surface area contributed by atoms with E-state index >= 15 is 0 Å². The Kier molecular flexibility index (Phi) is 5.40. The third-order valence-corrected chi connectivity index (χ3v) is 7.96. The molecule has 0 aromatic heterocycles. The molecule has 5 rings (SSSR count). The van der Waals surface area contributed by atoms with Gasteiger partial charge in [-0.05, 0) is 22.6 Å². The van der Waals surface area contributed by atoms with Crippen molar-refractivity contribution in [2.24, 2.45) is 17.6 Å². The molecule has 3 aliphatic rings. The van der Waals surface area contributed by atoms with Crippen LogP contribution in [0.25, 0.3) is 17.2 Å². The maximum absolute atomic E-state index is 13.8. The molecule has 0 fully saturated rings. The van der Waals surface area contributed by atoms with E-state index in [1.165, 1.54) is 0 Å². The number of ketones is 2. The highest BCUT2D eigenvalue weighted by Gasteiger charge is 2.64. The Bertz CT molecular complexity index is 1470. The molecule has 9 heteroatoms. The molecule has 5 atom stereocenters. The van der Waals surface area contributed by atoms with Crippen molar-refractivity contribution >= 4 is 23.5 Å². The zero-order valence-electron chi connectivity index (χ0n) is 19.8. The molecule has 0 heterocycles. The van der Waals surface area contributed by atoms with Crippen LogP contribution in [-0.2, 0) is 9.59 Å². The van der Waals surface area contributed by atoms with E-state index in [4.69, 9.17) is 5.73 Å². The molecular weight excluding hydrogens is 478 g/mol. The Morgan fingerprint density at radius 2 is 1.76 bits per heavy atom. The summed E-state index contributed by atoms with van der Waals surface area (Å²) in [5.74, 6) is -8.79. The van der Waals surface area contributed by atoms with Crippen LogP contribution in [0.5, 0.6) is 5.75 Å². The number of aromatic hydroxyl groups is 1. The third-order valence-electron chi connectivity index (χ3n) is 7.96. The summed E-state index contributed by atoms with van der Waals surface area (Å²) in [6.07, 6.45) is -0.417. The molecule has 3 aliphatic carbocycles. The molecule has 37 heavy (non-hydrogen) atoms. The van der Waals surface area contributed by atoms with Gasteiger partial charge in [0.25, 0.3) is 5.91 Å². The lowest BCUT2D eigenvalue weighted by Gasteiger charge is -2.50. The minimum Gasteiger partial charge on any atom is -0.511 e. The standard InChI is InChI=1S/C28H25NO8/c1-3-12-4-6-13(7-5-12)15-9-8-14-11(2)18-21(24(33)19(14)22(15)31)26(35)28(37)16(23(18)32)10-17(30)20(25(28)34)27(29)36/h3-9,11,16,18,23,30-32,35,37H,1,10H2,2H3,(H2,29,36)/t11-,16+,18+,23+,28+/m0/s1. The van der Waals surface area contributed by atoms with Crippen molar-refractivity contribution in [2.75, 3.05) is 0 Å². The van der Waals surface area contributed by atoms with Crippen LogP contribution >= 0.6 is 0 Å². The smallest absolute Gasteiger partial charge is 0.255 e. The number of fused-ring (bicyclic) bond motifs is 3. The number of hydrogen-bond acceptors (Lipinski definition) is 8. The number of phenols is 1. The van der Waals surface area contributed by atoms with E-state index in [1.54, 1.807) is 49.4 Å². The number of carbonyl (C=O) groups is 3. The highest BCUT2D eigenvalue weighted by molar-refractivity contribution is 6.24. The summed E-state index contributed by atoms with van der Waals surface area (Å²) in [4.78, 5) is 38.7. The van der Waals surface area contributed by atoms with Crippen LogP contribution in [0, 0.1) is 11.8 Å². The van der Waals surface area contributed by atoms with Gasteiger partial charge in [0.05, 0.1) is 11.7 Å². The van der Waals surface area contributed by atoms with Crippen molar-refractivity contribution in [1.29, 1.82) is 0 Å². The van der Waals surface area contributed by atoms with Gasteiger partial charge in [0.15, 0.2) is 11.4 Å². The summed E-state index contributed by atoms with van der Waals surface area (Å²) in [5.41, 5.74) is 3.13. The van der Waals surface area contributed by atoms with E-state index in [9.17, 15) is 39.9 Å². The molecule has 0 unspecified atom stereocenters. The Labute approximate surface area is 211 Å². The van der Waals surface area contributed by atoms with E-state index in [0.717, 1.165) is 5.56 Å². The number of Topliss-reactive ketones (excluding diaryl/α,β-unsaturated/α-hetero) is 2. The summed E-state index contributed by atoms with van der Waals surface area (Å²) in [7, 11) is 0. The average molecular weight is 504 g/mol. The van der Waals surface area contributed by atoms with E-state index < -0.39 is 76.0 Å². The summed E-state index contributed by atoms with van der Waals surface area (Å²) >= 11 is 0. The Hall–Kier alpha value is -4.21. The fraction of sp³-hybridized carbons (Fsp3) is 0.250. The van der Waals surface area contributed by atoms with Crippen molar-refractivity contribution in [3.05, 3.63) is 82.3 Å². The number of aliphatic hydroxyl groups is 4. The summed E-state index contributed by atoms with van der Waals surface area (Å²) < 4.78 is 0. The Morgan fingerprint density at radius 3 is 2.35 bits per heavy atom. The monoisotopic (exact) mass is 503 g/mol. The van der Waals surface area contributed by atoms with Gasteiger partial charge in [-0.25, -0.2) is 0 Å². The van der Waals surface area contributed by atoms with Crippen LogP contribution in [-0.4, -0.2) is 54.7 Å². The molecule has 0 bridgehead atoms. The van der Waals surface area contributed by atoms with Gasteiger partial charge in [-0.15, -0.1) is 0 Å². The number of amides is 1. The lowest BCUT2D eigenvalue weighted by atomic mass is 9.56. The summed E-state index contributed by atoms with van der Waals surface area (Å²) in [6.45, 7) is 5.39. The normalized spacial score (nSPS) is 28.9. The summed E-state index contributed by atoms with van der Waals surface area (Å²) in [6, 6.07) is 10.4. The number of benzene rings is 2. The molecule has 9 nitrogen and oxygen atoms in total. The second kappa shape index (κ2) is 8.16. The zero-order valence-corrected chi connectivity index (χ0v) is 19.8. The van der Waals surface area contributed by atoms with Crippen LogP contribution in [0.2, 0.25) is 0 Å². The topological polar surface area (TPSA) is 178 Å². The second-order valence-corrected chi connectivity index (χ2v) is 9.74. The minimum absolute atomic E-state index is 0.124. The quantitative estimate of drug-likeness (QED) is 0.346. The van der Waals surface area contributed by atoms with Crippen molar-refractivity contribution in [2.45, 2.75) is 31.0 Å². The maximum atomic E-state index is 13.8. The van der Waals surface area contributed by atoms with Crippen molar-refractivity contribution in [3.8, 4) is 16.9 Å². The first-order chi connectivity index (χ1) is 17.4. The summed E-state index contributed by atoms with van der Waals surface area (Å²) in [5, 5.41) is 55.4. The number of hydrogen-bond donors (Lipinski definition) is 6. The maximum Gasteiger partial charge on any atom is 0.255 e.